The van der Waals surface area contributed by atoms with E-state index in [-0.39, 0.29) is 18.7 Å². The van der Waals surface area contributed by atoms with E-state index in [4.69, 9.17) is 6.42 Å². The second kappa shape index (κ2) is 6.70. The molecule has 3 aliphatic rings. The number of hydrogen-bond acceptors (Lipinski definition) is 3. The van der Waals surface area contributed by atoms with Gasteiger partial charge in [-0.1, -0.05) is 19.8 Å². The van der Waals surface area contributed by atoms with Gasteiger partial charge in [-0.15, -0.1) is 6.42 Å². The minimum Gasteiger partial charge on any atom is -0.550 e. The zero-order chi connectivity index (χ0) is 16.3. The van der Waals surface area contributed by atoms with Crippen molar-refractivity contribution in [2.45, 2.75) is 45.6 Å². The highest BCUT2D eigenvalue weighted by Crippen LogP contribution is 2.26. The van der Waals surface area contributed by atoms with Crippen molar-refractivity contribution in [2.24, 2.45) is 17.3 Å². The van der Waals surface area contributed by atoms with Crippen LogP contribution in [0.3, 0.4) is 0 Å². The number of carboxylic acid groups (broad SMARTS) is 1. The van der Waals surface area contributed by atoms with Gasteiger partial charge in [-0.3, -0.25) is 4.79 Å². The Hall–Kier alpha value is -1.54. The molecule has 0 aliphatic carbocycles. The molecule has 0 aromatic carbocycles. The number of rotatable bonds is 6. The van der Waals surface area contributed by atoms with Crippen molar-refractivity contribution in [3.63, 3.8) is 0 Å². The third kappa shape index (κ3) is 4.23. The highest BCUT2D eigenvalue weighted by Gasteiger charge is 2.42. The average Bonchev–Trinajstić information content (AvgIpc) is 2.43. The van der Waals surface area contributed by atoms with Crippen LogP contribution >= 0.6 is 0 Å². The molecule has 2 bridgehead atoms. The maximum Gasteiger partial charge on any atom is 0.220 e. The lowest BCUT2D eigenvalue weighted by atomic mass is 9.76. The Morgan fingerprint density at radius 1 is 1.41 bits per heavy atom. The molecule has 3 fully saturated rings. The molecule has 3 aliphatic heterocycles. The van der Waals surface area contributed by atoms with E-state index >= 15 is 0 Å². The van der Waals surface area contributed by atoms with Crippen molar-refractivity contribution in [1.29, 1.82) is 0 Å². The fourth-order valence-electron chi connectivity index (χ4n) is 3.92. The third-order valence-corrected chi connectivity index (χ3v) is 5.07. The van der Waals surface area contributed by atoms with Crippen molar-refractivity contribution >= 4 is 11.9 Å². The second-order valence-corrected chi connectivity index (χ2v) is 7.56. The number of carbonyl (C=O) groups excluding carboxylic acids is 2. The summed E-state index contributed by atoms with van der Waals surface area (Å²) in [7, 11) is 0. The predicted octanol–water partition coefficient (Wildman–Crippen LogP) is -1.41. The maximum absolute atomic E-state index is 12.0. The Morgan fingerprint density at radius 2 is 2.14 bits per heavy atom. The minimum atomic E-state index is -1.11. The summed E-state index contributed by atoms with van der Waals surface area (Å²) in [6, 6.07) is 0.441. The first-order valence-corrected chi connectivity index (χ1v) is 8.08. The Labute approximate surface area is 132 Å². The van der Waals surface area contributed by atoms with E-state index in [1.807, 2.05) is 0 Å². The molecular weight excluding hydrogens is 280 g/mol. The molecule has 2 N–H and O–H groups in total. The lowest BCUT2D eigenvalue weighted by Gasteiger charge is -2.45. The van der Waals surface area contributed by atoms with Crippen LogP contribution in [0.15, 0.2) is 0 Å². The van der Waals surface area contributed by atoms with E-state index in [0.29, 0.717) is 24.4 Å². The first-order valence-electron chi connectivity index (χ1n) is 8.08. The summed E-state index contributed by atoms with van der Waals surface area (Å²) in [6.07, 6.45) is 7.95. The number of aliphatic carboxylic acids is 1. The smallest absolute Gasteiger partial charge is 0.220 e. The molecule has 5 heteroatoms. The number of nitrogens with one attached hydrogen (secondary N) is 2. The Bertz CT molecular complexity index is 481. The topological polar surface area (TPSA) is 73.7 Å². The number of fused-ring (bicyclic) bond motifs is 3. The summed E-state index contributed by atoms with van der Waals surface area (Å²) in [6.45, 7) is 6.36. The molecule has 22 heavy (non-hydrogen) atoms. The van der Waals surface area contributed by atoms with Gasteiger partial charge < -0.3 is 20.1 Å². The van der Waals surface area contributed by atoms with E-state index in [0.717, 1.165) is 19.5 Å². The molecule has 3 heterocycles. The standard InChI is InChI=1S/C17H26N2O3/c1-4-12-11-19-6-5-13(12)7-14(19)10-18-15(20)8-17(2,3)9-16(21)22/h1,12-14H,5-11H2,2-3H3,(H,18,20)(H,21,22)/t12-,13+,14+/m0/s1. The molecular formula is C17H26N2O3. The first kappa shape index (κ1) is 16.8. The maximum atomic E-state index is 12.0. The van der Waals surface area contributed by atoms with E-state index in [1.54, 1.807) is 13.8 Å². The number of amides is 1. The molecule has 0 radical (unpaired) electrons. The lowest BCUT2D eigenvalue weighted by molar-refractivity contribution is -0.943. The van der Waals surface area contributed by atoms with Crippen LogP contribution < -0.4 is 15.3 Å². The van der Waals surface area contributed by atoms with Gasteiger partial charge in [0.15, 0.2) is 0 Å². The zero-order valence-corrected chi connectivity index (χ0v) is 13.5. The molecule has 3 saturated heterocycles. The number of carboxylic acids is 1. The summed E-state index contributed by atoms with van der Waals surface area (Å²) < 4.78 is 0. The van der Waals surface area contributed by atoms with Crippen LogP contribution in [0.1, 0.15) is 39.5 Å². The van der Waals surface area contributed by atoms with Gasteiger partial charge in [0.2, 0.25) is 5.91 Å². The van der Waals surface area contributed by atoms with E-state index in [2.05, 4.69) is 11.2 Å². The highest BCUT2D eigenvalue weighted by molar-refractivity contribution is 5.77. The summed E-state index contributed by atoms with van der Waals surface area (Å²) in [5, 5.41) is 13.7. The fourth-order valence-corrected chi connectivity index (χ4v) is 3.92. The molecule has 0 aromatic rings. The minimum absolute atomic E-state index is 0.0817. The van der Waals surface area contributed by atoms with E-state index in [1.165, 1.54) is 11.3 Å². The van der Waals surface area contributed by atoms with Gasteiger partial charge >= 0.3 is 0 Å². The SMILES string of the molecule is C#C[C@H]1C[NH+]2CC[C@@H]1C[C@@H]2CNC(=O)CC(C)(C)CC(=O)[O-]. The van der Waals surface area contributed by atoms with Crippen molar-refractivity contribution in [2.75, 3.05) is 19.6 Å². The van der Waals surface area contributed by atoms with Crippen LogP contribution in [0.2, 0.25) is 0 Å². The first-order chi connectivity index (χ1) is 10.3. The summed E-state index contributed by atoms with van der Waals surface area (Å²) in [4.78, 5) is 24.2. The molecule has 4 atom stereocenters. The molecule has 1 amide bonds. The van der Waals surface area contributed by atoms with Gasteiger partial charge in [0, 0.05) is 25.2 Å². The van der Waals surface area contributed by atoms with Crippen LogP contribution in [0.25, 0.3) is 0 Å². The van der Waals surface area contributed by atoms with Crippen LogP contribution in [0.5, 0.6) is 0 Å². The Morgan fingerprint density at radius 3 is 2.68 bits per heavy atom. The van der Waals surface area contributed by atoms with Crippen molar-refractivity contribution in [1.82, 2.24) is 5.32 Å². The quantitative estimate of drug-likeness (QED) is 0.592. The molecule has 122 valence electrons. The highest BCUT2D eigenvalue weighted by atomic mass is 16.4. The third-order valence-electron chi connectivity index (χ3n) is 5.07. The molecule has 1 unspecified atom stereocenters. The van der Waals surface area contributed by atoms with Crippen LogP contribution in [0.4, 0.5) is 0 Å². The summed E-state index contributed by atoms with van der Waals surface area (Å²) in [5.41, 5.74) is -0.573. The van der Waals surface area contributed by atoms with Gasteiger partial charge in [0.05, 0.1) is 25.6 Å². The van der Waals surface area contributed by atoms with Gasteiger partial charge in [-0.05, 0) is 17.8 Å². The molecule has 5 nitrogen and oxygen atoms in total. The molecule has 0 aromatic heterocycles. The van der Waals surface area contributed by atoms with Gasteiger partial charge in [0.25, 0.3) is 0 Å². The lowest BCUT2D eigenvalue weighted by Crippen LogP contribution is -3.20. The number of piperidine rings is 3. The molecule has 0 saturated carbocycles. The van der Waals surface area contributed by atoms with Gasteiger partial charge in [-0.2, -0.15) is 0 Å². The van der Waals surface area contributed by atoms with Crippen molar-refractivity contribution in [3.05, 3.63) is 0 Å². The number of carbonyl (C=O) groups is 2. The van der Waals surface area contributed by atoms with Crippen LogP contribution in [-0.2, 0) is 9.59 Å². The van der Waals surface area contributed by atoms with Crippen LogP contribution in [0, 0.1) is 29.6 Å². The Kier molecular flexibility index (Phi) is 5.12. The normalized spacial score (nSPS) is 30.6. The molecule has 3 rings (SSSR count). The Balaban J connectivity index is 1.78. The average molecular weight is 306 g/mol. The van der Waals surface area contributed by atoms with Crippen molar-refractivity contribution < 1.29 is 19.6 Å². The second-order valence-electron chi connectivity index (χ2n) is 7.56. The largest absolute Gasteiger partial charge is 0.550 e. The van der Waals surface area contributed by atoms with Crippen molar-refractivity contribution in [3.8, 4) is 12.3 Å². The monoisotopic (exact) mass is 306 g/mol. The zero-order valence-electron chi connectivity index (χ0n) is 13.5. The van der Waals surface area contributed by atoms with E-state index in [9.17, 15) is 14.7 Å². The van der Waals surface area contributed by atoms with E-state index < -0.39 is 11.4 Å². The van der Waals surface area contributed by atoms with Crippen LogP contribution in [-0.4, -0.2) is 37.6 Å². The number of terminal acetylenes is 1. The fraction of sp³-hybridized carbons (Fsp3) is 0.765. The number of quaternary nitrogens is 1. The summed E-state index contributed by atoms with van der Waals surface area (Å²) in [5.74, 6) is 2.69. The molecule has 0 spiro atoms. The summed E-state index contributed by atoms with van der Waals surface area (Å²) >= 11 is 0. The van der Waals surface area contributed by atoms with Gasteiger partial charge in [-0.25, -0.2) is 0 Å². The van der Waals surface area contributed by atoms with Gasteiger partial charge in [0.1, 0.15) is 6.04 Å². The predicted molar refractivity (Wildman–Crippen MR) is 80.6 cm³/mol. The number of hydrogen-bond donors (Lipinski definition) is 2.